The summed E-state index contributed by atoms with van der Waals surface area (Å²) in [6.45, 7) is 1.82. The van der Waals surface area contributed by atoms with Crippen LogP contribution in [0.1, 0.15) is 51.0 Å². The highest BCUT2D eigenvalue weighted by Crippen LogP contribution is 2.30. The molecule has 1 aliphatic rings. The molecule has 1 aromatic rings. The molecule has 0 aromatic heterocycles. The van der Waals surface area contributed by atoms with Gasteiger partial charge in [0.05, 0.1) is 6.07 Å². The second kappa shape index (κ2) is 6.56. The number of hydrogen-bond acceptors (Lipinski definition) is 2. The molecule has 108 valence electrons. The molecule has 20 heavy (non-hydrogen) atoms. The van der Waals surface area contributed by atoms with Gasteiger partial charge in [0.25, 0.3) is 0 Å². The molecular weight excluding hydrogens is 275 g/mol. The van der Waals surface area contributed by atoms with Gasteiger partial charge in [-0.05, 0) is 31.9 Å². The van der Waals surface area contributed by atoms with E-state index < -0.39 is 5.54 Å². The van der Waals surface area contributed by atoms with Gasteiger partial charge < -0.3 is 0 Å². The van der Waals surface area contributed by atoms with Crippen molar-refractivity contribution in [1.82, 2.24) is 5.32 Å². The fourth-order valence-electron chi connectivity index (χ4n) is 2.90. The second-order valence-corrected chi connectivity index (χ2v) is 6.10. The van der Waals surface area contributed by atoms with Crippen molar-refractivity contribution >= 4 is 11.6 Å². The van der Waals surface area contributed by atoms with Crippen molar-refractivity contribution in [3.05, 3.63) is 34.6 Å². The highest BCUT2D eigenvalue weighted by molar-refractivity contribution is 6.31. The van der Waals surface area contributed by atoms with Gasteiger partial charge in [0, 0.05) is 16.6 Å². The van der Waals surface area contributed by atoms with Crippen LogP contribution in [0.25, 0.3) is 0 Å². The molecule has 4 heteroatoms. The summed E-state index contributed by atoms with van der Waals surface area (Å²) in [4.78, 5) is 0. The van der Waals surface area contributed by atoms with E-state index in [1.54, 1.807) is 6.07 Å². The summed E-state index contributed by atoms with van der Waals surface area (Å²) in [6, 6.07) is 6.85. The Labute approximate surface area is 124 Å². The Balaban J connectivity index is 2.21. The van der Waals surface area contributed by atoms with Crippen LogP contribution in [0.3, 0.4) is 0 Å². The molecule has 1 fully saturated rings. The standard InChI is InChI=1S/C16H20ClFN2/c1-16(11-19,14-9-8-12(18)10-15(14)17)20-13-6-4-2-3-5-7-13/h8-10,13,20H,2-7H2,1H3. The molecule has 0 heterocycles. The van der Waals surface area contributed by atoms with Crippen LogP contribution in [0.4, 0.5) is 4.39 Å². The van der Waals surface area contributed by atoms with Gasteiger partial charge in [0.1, 0.15) is 11.4 Å². The Kier molecular flexibility index (Phi) is 5.01. The Morgan fingerprint density at radius 2 is 1.95 bits per heavy atom. The van der Waals surface area contributed by atoms with E-state index in [2.05, 4.69) is 11.4 Å². The quantitative estimate of drug-likeness (QED) is 0.831. The summed E-state index contributed by atoms with van der Waals surface area (Å²) in [5, 5.41) is 13.3. The summed E-state index contributed by atoms with van der Waals surface area (Å²) in [6.07, 6.45) is 7.07. The van der Waals surface area contributed by atoms with Gasteiger partial charge in [-0.3, -0.25) is 5.32 Å². The summed E-state index contributed by atoms with van der Waals surface area (Å²) >= 11 is 6.11. The molecule has 0 radical (unpaired) electrons. The molecule has 1 aliphatic carbocycles. The maximum atomic E-state index is 13.2. The fourth-order valence-corrected chi connectivity index (χ4v) is 3.25. The average Bonchev–Trinajstić information content (AvgIpc) is 2.67. The number of benzene rings is 1. The van der Waals surface area contributed by atoms with E-state index in [0.29, 0.717) is 16.6 Å². The summed E-state index contributed by atoms with van der Waals surface area (Å²) < 4.78 is 13.2. The Morgan fingerprint density at radius 3 is 2.50 bits per heavy atom. The smallest absolute Gasteiger partial charge is 0.131 e. The molecular formula is C16H20ClFN2. The van der Waals surface area contributed by atoms with E-state index in [1.807, 2.05) is 6.92 Å². The minimum atomic E-state index is -0.875. The van der Waals surface area contributed by atoms with Gasteiger partial charge in [-0.15, -0.1) is 0 Å². The number of rotatable bonds is 3. The van der Waals surface area contributed by atoms with Crippen molar-refractivity contribution in [2.45, 2.75) is 57.0 Å². The lowest BCUT2D eigenvalue weighted by molar-refractivity contribution is 0.357. The highest BCUT2D eigenvalue weighted by Gasteiger charge is 2.31. The van der Waals surface area contributed by atoms with E-state index in [4.69, 9.17) is 11.6 Å². The summed E-state index contributed by atoms with van der Waals surface area (Å²) in [5.74, 6) is -0.381. The van der Waals surface area contributed by atoms with Crippen LogP contribution in [-0.4, -0.2) is 6.04 Å². The molecule has 0 aliphatic heterocycles. The molecule has 0 amide bonds. The van der Waals surface area contributed by atoms with Gasteiger partial charge in [0.15, 0.2) is 0 Å². The van der Waals surface area contributed by atoms with Gasteiger partial charge in [-0.25, -0.2) is 4.39 Å². The monoisotopic (exact) mass is 294 g/mol. The first-order valence-electron chi connectivity index (χ1n) is 7.19. The SMILES string of the molecule is CC(C#N)(NC1CCCCCC1)c1ccc(F)cc1Cl. The fraction of sp³-hybridized carbons (Fsp3) is 0.562. The third kappa shape index (κ3) is 3.50. The van der Waals surface area contributed by atoms with Crippen molar-refractivity contribution in [2.75, 3.05) is 0 Å². The van der Waals surface area contributed by atoms with E-state index >= 15 is 0 Å². The minimum absolute atomic E-state index is 0.301. The Bertz CT molecular complexity index is 504. The first-order chi connectivity index (χ1) is 9.55. The first-order valence-corrected chi connectivity index (χ1v) is 7.57. The predicted molar refractivity (Wildman–Crippen MR) is 79.0 cm³/mol. The van der Waals surface area contributed by atoms with E-state index in [0.717, 1.165) is 12.8 Å². The van der Waals surface area contributed by atoms with Crippen LogP contribution in [0.2, 0.25) is 5.02 Å². The molecule has 1 saturated carbocycles. The Hall–Kier alpha value is -1.11. The number of nitriles is 1. The zero-order valence-electron chi connectivity index (χ0n) is 11.8. The zero-order chi connectivity index (χ0) is 14.6. The predicted octanol–water partition coefficient (Wildman–Crippen LogP) is 4.53. The third-order valence-corrected chi connectivity index (χ3v) is 4.35. The lowest BCUT2D eigenvalue weighted by atomic mass is 9.91. The van der Waals surface area contributed by atoms with Gasteiger partial charge in [0.2, 0.25) is 0 Å². The number of nitrogens with one attached hydrogen (secondary N) is 1. The first kappa shape index (κ1) is 15.3. The van der Waals surface area contributed by atoms with Crippen molar-refractivity contribution in [3.63, 3.8) is 0 Å². The average molecular weight is 295 g/mol. The number of hydrogen-bond donors (Lipinski definition) is 1. The molecule has 0 bridgehead atoms. The van der Waals surface area contributed by atoms with Gasteiger partial charge >= 0.3 is 0 Å². The Morgan fingerprint density at radius 1 is 1.30 bits per heavy atom. The largest absolute Gasteiger partial charge is 0.293 e. The molecule has 2 rings (SSSR count). The normalized spacial score (nSPS) is 19.9. The van der Waals surface area contributed by atoms with Crippen molar-refractivity contribution in [3.8, 4) is 6.07 Å². The van der Waals surface area contributed by atoms with Gasteiger partial charge in [-0.2, -0.15) is 5.26 Å². The minimum Gasteiger partial charge on any atom is -0.293 e. The van der Waals surface area contributed by atoms with Crippen molar-refractivity contribution < 1.29 is 4.39 Å². The molecule has 0 spiro atoms. The highest BCUT2D eigenvalue weighted by atomic mass is 35.5. The molecule has 2 nitrogen and oxygen atoms in total. The molecule has 1 unspecified atom stereocenters. The maximum absolute atomic E-state index is 13.2. The van der Waals surface area contributed by atoms with Crippen molar-refractivity contribution in [2.24, 2.45) is 0 Å². The van der Waals surface area contributed by atoms with Crippen LogP contribution < -0.4 is 5.32 Å². The van der Waals surface area contributed by atoms with E-state index in [1.165, 1.54) is 37.8 Å². The zero-order valence-corrected chi connectivity index (χ0v) is 12.5. The van der Waals surface area contributed by atoms with E-state index in [9.17, 15) is 9.65 Å². The van der Waals surface area contributed by atoms with Crippen LogP contribution in [0.15, 0.2) is 18.2 Å². The van der Waals surface area contributed by atoms with Crippen LogP contribution in [-0.2, 0) is 5.54 Å². The summed E-state index contributed by atoms with van der Waals surface area (Å²) in [7, 11) is 0. The number of halogens is 2. The summed E-state index contributed by atoms with van der Waals surface area (Å²) in [5.41, 5.74) is -0.230. The molecule has 1 aromatic carbocycles. The molecule has 0 saturated heterocycles. The van der Waals surface area contributed by atoms with Crippen molar-refractivity contribution in [1.29, 1.82) is 5.26 Å². The van der Waals surface area contributed by atoms with Gasteiger partial charge in [-0.1, -0.05) is 43.4 Å². The lowest BCUT2D eigenvalue weighted by Gasteiger charge is -2.30. The molecule has 1 N–H and O–H groups in total. The maximum Gasteiger partial charge on any atom is 0.131 e. The second-order valence-electron chi connectivity index (χ2n) is 5.69. The molecule has 1 atom stereocenters. The topological polar surface area (TPSA) is 35.8 Å². The lowest BCUT2D eigenvalue weighted by Crippen LogP contribution is -2.45. The third-order valence-electron chi connectivity index (χ3n) is 4.04. The number of nitrogens with zero attached hydrogens (tertiary/aromatic N) is 1. The van der Waals surface area contributed by atoms with Crippen LogP contribution in [0.5, 0.6) is 0 Å². The van der Waals surface area contributed by atoms with Crippen LogP contribution >= 0.6 is 11.6 Å². The van der Waals surface area contributed by atoms with Crippen LogP contribution in [0, 0.1) is 17.1 Å². The van der Waals surface area contributed by atoms with E-state index in [-0.39, 0.29) is 5.82 Å².